The highest BCUT2D eigenvalue weighted by atomic mass is 35.5. The minimum Gasteiger partial charge on any atom is -0.480 e. The van der Waals surface area contributed by atoms with E-state index in [4.69, 9.17) is 11.6 Å². The Kier molecular flexibility index (Phi) is 4.54. The van der Waals surface area contributed by atoms with E-state index in [0.717, 1.165) is 28.4 Å². The van der Waals surface area contributed by atoms with Crippen LogP contribution in [0.4, 0.5) is 0 Å². The van der Waals surface area contributed by atoms with Gasteiger partial charge in [0, 0.05) is 29.6 Å². The number of benzene rings is 1. The van der Waals surface area contributed by atoms with Crippen LogP contribution in [0.1, 0.15) is 11.1 Å². The van der Waals surface area contributed by atoms with Crippen molar-refractivity contribution in [1.82, 2.24) is 4.90 Å². The quantitative estimate of drug-likeness (QED) is 0.927. The SMILES string of the molecule is Cc1ccc(CN2CCSCC2C(=O)O)c(Cl)c1. The second-order valence-electron chi connectivity index (χ2n) is 4.49. The van der Waals surface area contributed by atoms with Crippen LogP contribution in [0, 0.1) is 6.92 Å². The summed E-state index contributed by atoms with van der Waals surface area (Å²) in [6.07, 6.45) is 0. The molecule has 0 amide bonds. The minimum absolute atomic E-state index is 0.402. The molecule has 1 atom stereocenters. The third-order valence-corrected chi connectivity index (χ3v) is 4.48. The van der Waals surface area contributed by atoms with E-state index in [0.29, 0.717) is 12.3 Å². The first-order chi connectivity index (χ1) is 8.58. The summed E-state index contributed by atoms with van der Waals surface area (Å²) < 4.78 is 0. The van der Waals surface area contributed by atoms with Crippen LogP contribution in [0.3, 0.4) is 0 Å². The molecule has 1 N–H and O–H groups in total. The van der Waals surface area contributed by atoms with Crippen LogP contribution in [0.5, 0.6) is 0 Å². The van der Waals surface area contributed by atoms with Crippen molar-refractivity contribution in [1.29, 1.82) is 0 Å². The first-order valence-corrected chi connectivity index (χ1v) is 7.41. The minimum atomic E-state index is -0.745. The molecular formula is C13H16ClNO2S. The van der Waals surface area contributed by atoms with Crippen LogP contribution in [-0.4, -0.2) is 40.1 Å². The predicted octanol–water partition coefficient (Wildman–Crippen LogP) is 2.65. The smallest absolute Gasteiger partial charge is 0.321 e. The molecule has 0 radical (unpaired) electrons. The van der Waals surface area contributed by atoms with Gasteiger partial charge >= 0.3 is 5.97 Å². The van der Waals surface area contributed by atoms with Gasteiger partial charge in [-0.15, -0.1) is 0 Å². The zero-order valence-electron chi connectivity index (χ0n) is 10.2. The highest BCUT2D eigenvalue weighted by Gasteiger charge is 2.28. The van der Waals surface area contributed by atoms with E-state index in [1.54, 1.807) is 11.8 Å². The van der Waals surface area contributed by atoms with Crippen LogP contribution < -0.4 is 0 Å². The molecule has 2 rings (SSSR count). The molecule has 3 nitrogen and oxygen atoms in total. The topological polar surface area (TPSA) is 40.5 Å². The molecule has 1 aromatic rings. The molecular weight excluding hydrogens is 270 g/mol. The molecule has 0 spiro atoms. The fourth-order valence-electron chi connectivity index (χ4n) is 2.05. The van der Waals surface area contributed by atoms with Crippen molar-refractivity contribution < 1.29 is 9.90 Å². The molecule has 18 heavy (non-hydrogen) atoms. The van der Waals surface area contributed by atoms with Gasteiger partial charge in [-0.2, -0.15) is 11.8 Å². The van der Waals surface area contributed by atoms with Gasteiger partial charge in [-0.3, -0.25) is 9.69 Å². The number of carboxylic acid groups (broad SMARTS) is 1. The Hall–Kier alpha value is -0.710. The molecule has 0 aliphatic carbocycles. The number of aryl methyl sites for hydroxylation is 1. The molecule has 5 heteroatoms. The van der Waals surface area contributed by atoms with Crippen molar-refractivity contribution in [3.05, 3.63) is 34.3 Å². The third-order valence-electron chi connectivity index (χ3n) is 3.11. The van der Waals surface area contributed by atoms with Crippen LogP contribution in [0.2, 0.25) is 5.02 Å². The normalized spacial score (nSPS) is 20.9. The summed E-state index contributed by atoms with van der Waals surface area (Å²) in [5.41, 5.74) is 2.12. The van der Waals surface area contributed by atoms with E-state index in [-0.39, 0.29) is 0 Å². The second kappa shape index (κ2) is 5.95. The van der Waals surface area contributed by atoms with Crippen LogP contribution in [0.15, 0.2) is 18.2 Å². The molecule has 0 aromatic heterocycles. The number of hydrogen-bond donors (Lipinski definition) is 1. The number of thioether (sulfide) groups is 1. The summed E-state index contributed by atoms with van der Waals surface area (Å²) in [4.78, 5) is 13.2. The maximum atomic E-state index is 11.2. The highest BCUT2D eigenvalue weighted by molar-refractivity contribution is 7.99. The number of halogens is 1. The Bertz CT molecular complexity index is 453. The average molecular weight is 286 g/mol. The first kappa shape index (κ1) is 13.7. The maximum absolute atomic E-state index is 11.2. The Morgan fingerprint density at radius 1 is 1.61 bits per heavy atom. The van der Waals surface area contributed by atoms with Crippen LogP contribution >= 0.6 is 23.4 Å². The number of aliphatic carboxylic acids is 1. The van der Waals surface area contributed by atoms with Gasteiger partial charge in [0.1, 0.15) is 6.04 Å². The van der Waals surface area contributed by atoms with Crippen molar-refractivity contribution in [2.45, 2.75) is 19.5 Å². The number of carbonyl (C=O) groups is 1. The van der Waals surface area contributed by atoms with Gasteiger partial charge in [0.15, 0.2) is 0 Å². The molecule has 0 bridgehead atoms. The lowest BCUT2D eigenvalue weighted by atomic mass is 10.1. The average Bonchev–Trinajstić information content (AvgIpc) is 2.33. The fourth-order valence-corrected chi connectivity index (χ4v) is 3.46. The second-order valence-corrected chi connectivity index (χ2v) is 6.05. The molecule has 1 unspecified atom stereocenters. The van der Waals surface area contributed by atoms with E-state index in [1.807, 2.05) is 30.0 Å². The molecule has 1 saturated heterocycles. The number of rotatable bonds is 3. The van der Waals surface area contributed by atoms with Crippen LogP contribution in [0.25, 0.3) is 0 Å². The monoisotopic (exact) mass is 285 g/mol. The van der Waals surface area contributed by atoms with Crippen molar-refractivity contribution in [3.63, 3.8) is 0 Å². The largest absolute Gasteiger partial charge is 0.480 e. The summed E-state index contributed by atoms with van der Waals surface area (Å²) in [6.45, 7) is 3.40. The Morgan fingerprint density at radius 2 is 2.39 bits per heavy atom. The molecule has 1 aliphatic rings. The molecule has 1 heterocycles. The van der Waals surface area contributed by atoms with E-state index in [2.05, 4.69) is 0 Å². The summed E-state index contributed by atoms with van der Waals surface area (Å²) >= 11 is 7.89. The van der Waals surface area contributed by atoms with E-state index in [9.17, 15) is 9.90 Å². The van der Waals surface area contributed by atoms with Crippen LogP contribution in [-0.2, 0) is 11.3 Å². The van der Waals surface area contributed by atoms with Crippen molar-refractivity contribution in [2.75, 3.05) is 18.1 Å². The summed E-state index contributed by atoms with van der Waals surface area (Å²) in [5, 5.41) is 9.93. The third kappa shape index (κ3) is 3.19. The summed E-state index contributed by atoms with van der Waals surface area (Å²) in [7, 11) is 0. The van der Waals surface area contributed by atoms with Gasteiger partial charge in [0.25, 0.3) is 0 Å². The molecule has 0 saturated carbocycles. The lowest BCUT2D eigenvalue weighted by Gasteiger charge is -2.32. The highest BCUT2D eigenvalue weighted by Crippen LogP contribution is 2.23. The molecule has 1 aliphatic heterocycles. The van der Waals surface area contributed by atoms with Gasteiger partial charge in [-0.1, -0.05) is 23.7 Å². The number of carboxylic acids is 1. The lowest BCUT2D eigenvalue weighted by molar-refractivity contribution is -0.142. The first-order valence-electron chi connectivity index (χ1n) is 5.87. The molecule has 98 valence electrons. The summed E-state index contributed by atoms with van der Waals surface area (Å²) in [6, 6.07) is 5.51. The summed E-state index contributed by atoms with van der Waals surface area (Å²) in [5.74, 6) is 0.886. The van der Waals surface area contributed by atoms with Gasteiger partial charge in [0.05, 0.1) is 0 Å². The molecule has 1 aromatic carbocycles. The zero-order valence-corrected chi connectivity index (χ0v) is 11.8. The zero-order chi connectivity index (χ0) is 13.1. The standard InChI is InChI=1S/C13H16ClNO2S/c1-9-2-3-10(11(14)6-9)7-15-4-5-18-8-12(15)13(16)17/h2-3,6,12H,4-5,7-8H2,1H3,(H,16,17). The van der Waals surface area contributed by atoms with Crippen molar-refractivity contribution in [2.24, 2.45) is 0 Å². The van der Waals surface area contributed by atoms with Crippen molar-refractivity contribution >= 4 is 29.3 Å². The van der Waals surface area contributed by atoms with E-state index >= 15 is 0 Å². The van der Waals surface area contributed by atoms with E-state index in [1.165, 1.54) is 0 Å². The maximum Gasteiger partial charge on any atom is 0.321 e. The lowest BCUT2D eigenvalue weighted by Crippen LogP contribution is -2.46. The molecule has 1 fully saturated rings. The number of hydrogen-bond acceptors (Lipinski definition) is 3. The van der Waals surface area contributed by atoms with Crippen molar-refractivity contribution in [3.8, 4) is 0 Å². The number of nitrogens with zero attached hydrogens (tertiary/aromatic N) is 1. The predicted molar refractivity (Wildman–Crippen MR) is 75.3 cm³/mol. The van der Waals surface area contributed by atoms with Gasteiger partial charge in [-0.05, 0) is 24.1 Å². The van der Waals surface area contributed by atoms with Gasteiger partial charge < -0.3 is 5.11 Å². The van der Waals surface area contributed by atoms with Gasteiger partial charge in [-0.25, -0.2) is 0 Å². The fraction of sp³-hybridized carbons (Fsp3) is 0.462. The van der Waals surface area contributed by atoms with E-state index < -0.39 is 12.0 Å². The Morgan fingerprint density at radius 3 is 3.06 bits per heavy atom. The Balaban J connectivity index is 2.13. The van der Waals surface area contributed by atoms with Gasteiger partial charge in [0.2, 0.25) is 0 Å². The Labute approximate surface area is 116 Å².